The van der Waals surface area contributed by atoms with Crippen molar-refractivity contribution in [3.8, 4) is 0 Å². The molecule has 1 aromatic carbocycles. The van der Waals surface area contributed by atoms with Crippen LogP contribution in [0.15, 0.2) is 18.2 Å². The molecule has 1 radical (unpaired) electrons. The summed E-state index contributed by atoms with van der Waals surface area (Å²) in [5, 5.41) is 5.90. The van der Waals surface area contributed by atoms with E-state index in [4.69, 9.17) is 0 Å². The second-order valence-electron chi connectivity index (χ2n) is 2.36. The lowest BCUT2D eigenvalue weighted by Crippen LogP contribution is -1.96. The van der Waals surface area contributed by atoms with E-state index in [9.17, 15) is 4.79 Å². The standard InChI is InChI=1S/C9H11N2O/c1-10-8-4-3-7(6-12)9(5-8)11-2/h3-5,10-11H,1-2H3. The number of hydrogen-bond acceptors (Lipinski definition) is 3. The van der Waals surface area contributed by atoms with Crippen LogP contribution in [0.25, 0.3) is 0 Å². The number of nitrogens with one attached hydrogen (secondary N) is 2. The maximum Gasteiger partial charge on any atom is 0.235 e. The molecule has 0 amide bonds. The van der Waals surface area contributed by atoms with E-state index < -0.39 is 0 Å². The lowest BCUT2D eigenvalue weighted by molar-refractivity contribution is 0.563. The van der Waals surface area contributed by atoms with Gasteiger partial charge in [-0.2, -0.15) is 0 Å². The highest BCUT2D eigenvalue weighted by molar-refractivity contribution is 5.86. The highest BCUT2D eigenvalue weighted by Crippen LogP contribution is 2.18. The van der Waals surface area contributed by atoms with Crippen LogP contribution >= 0.6 is 0 Å². The first-order chi connectivity index (χ1) is 5.81. The summed E-state index contributed by atoms with van der Waals surface area (Å²) < 4.78 is 0. The van der Waals surface area contributed by atoms with Gasteiger partial charge in [-0.15, -0.1) is 0 Å². The monoisotopic (exact) mass is 163 g/mol. The van der Waals surface area contributed by atoms with Gasteiger partial charge in [0.25, 0.3) is 0 Å². The average Bonchev–Trinajstić information content (AvgIpc) is 2.16. The zero-order valence-electron chi connectivity index (χ0n) is 7.14. The number of anilines is 2. The van der Waals surface area contributed by atoms with E-state index in [1.807, 2.05) is 25.5 Å². The highest BCUT2D eigenvalue weighted by Gasteiger charge is 2.00. The smallest absolute Gasteiger partial charge is 0.235 e. The fourth-order valence-corrected chi connectivity index (χ4v) is 0.996. The molecule has 63 valence electrons. The van der Waals surface area contributed by atoms with E-state index in [2.05, 4.69) is 10.6 Å². The molecule has 0 fully saturated rings. The Bertz CT molecular complexity index is 284. The fraction of sp³-hybridized carbons (Fsp3) is 0.222. The molecule has 12 heavy (non-hydrogen) atoms. The van der Waals surface area contributed by atoms with Crippen LogP contribution in [0.3, 0.4) is 0 Å². The molecular weight excluding hydrogens is 152 g/mol. The summed E-state index contributed by atoms with van der Waals surface area (Å²) in [5.41, 5.74) is 2.31. The zero-order valence-corrected chi connectivity index (χ0v) is 7.14. The van der Waals surface area contributed by atoms with Gasteiger partial charge in [-0.25, -0.2) is 0 Å². The van der Waals surface area contributed by atoms with Crippen molar-refractivity contribution >= 4 is 17.7 Å². The number of benzene rings is 1. The first-order valence-corrected chi connectivity index (χ1v) is 3.69. The number of hydrogen-bond donors (Lipinski definition) is 2. The lowest BCUT2D eigenvalue weighted by Gasteiger charge is -2.05. The van der Waals surface area contributed by atoms with Gasteiger partial charge in [0.05, 0.1) is 0 Å². The van der Waals surface area contributed by atoms with Crippen LogP contribution in [-0.2, 0) is 4.79 Å². The molecule has 1 aromatic rings. The van der Waals surface area contributed by atoms with Gasteiger partial charge in [0, 0.05) is 31.0 Å². The summed E-state index contributed by atoms with van der Waals surface area (Å²) in [7, 11) is 3.61. The van der Waals surface area contributed by atoms with Crippen molar-refractivity contribution in [2.75, 3.05) is 24.7 Å². The van der Waals surface area contributed by atoms with E-state index in [1.165, 1.54) is 0 Å². The molecule has 0 spiro atoms. The van der Waals surface area contributed by atoms with Crippen LogP contribution in [0, 0.1) is 0 Å². The van der Waals surface area contributed by atoms with Crippen LogP contribution in [0.1, 0.15) is 5.56 Å². The Balaban J connectivity index is 3.10. The molecule has 0 saturated heterocycles. The van der Waals surface area contributed by atoms with Crippen molar-refractivity contribution in [2.24, 2.45) is 0 Å². The minimum Gasteiger partial charge on any atom is -0.388 e. The highest BCUT2D eigenvalue weighted by atomic mass is 16.1. The van der Waals surface area contributed by atoms with Crippen molar-refractivity contribution in [3.63, 3.8) is 0 Å². The van der Waals surface area contributed by atoms with Crippen molar-refractivity contribution < 1.29 is 4.79 Å². The van der Waals surface area contributed by atoms with Crippen molar-refractivity contribution in [2.45, 2.75) is 0 Å². The predicted molar refractivity (Wildman–Crippen MR) is 50.3 cm³/mol. The Kier molecular flexibility index (Phi) is 2.69. The third kappa shape index (κ3) is 1.56. The molecule has 0 aliphatic heterocycles. The number of rotatable bonds is 3. The minimum atomic E-state index is 0.552. The van der Waals surface area contributed by atoms with E-state index in [0.717, 1.165) is 11.4 Å². The van der Waals surface area contributed by atoms with Gasteiger partial charge in [0.2, 0.25) is 6.29 Å². The fourth-order valence-electron chi connectivity index (χ4n) is 0.996. The third-order valence-electron chi connectivity index (χ3n) is 1.69. The van der Waals surface area contributed by atoms with Gasteiger partial charge in [0.15, 0.2) is 0 Å². The van der Waals surface area contributed by atoms with E-state index in [-0.39, 0.29) is 0 Å². The summed E-state index contributed by atoms with van der Waals surface area (Å²) in [6.45, 7) is 0. The molecule has 0 saturated carbocycles. The molecule has 0 aliphatic carbocycles. The van der Waals surface area contributed by atoms with Gasteiger partial charge < -0.3 is 10.6 Å². The van der Waals surface area contributed by atoms with Crippen molar-refractivity contribution in [1.29, 1.82) is 0 Å². The second kappa shape index (κ2) is 3.76. The Labute approximate surface area is 71.8 Å². The summed E-state index contributed by atoms with van der Waals surface area (Å²) >= 11 is 0. The lowest BCUT2D eigenvalue weighted by atomic mass is 10.2. The molecule has 0 unspecified atom stereocenters. The van der Waals surface area contributed by atoms with Crippen LogP contribution in [0.4, 0.5) is 11.4 Å². The Hall–Kier alpha value is -1.51. The molecule has 0 aromatic heterocycles. The first-order valence-electron chi connectivity index (χ1n) is 3.69. The summed E-state index contributed by atoms with van der Waals surface area (Å²) in [6, 6.07) is 5.42. The molecule has 0 bridgehead atoms. The van der Waals surface area contributed by atoms with Crippen molar-refractivity contribution in [1.82, 2.24) is 0 Å². The second-order valence-corrected chi connectivity index (χ2v) is 2.36. The summed E-state index contributed by atoms with van der Waals surface area (Å²) in [6.07, 6.45) is 1.86. The van der Waals surface area contributed by atoms with Gasteiger partial charge in [-0.3, -0.25) is 4.79 Å². The molecule has 0 atom stereocenters. The van der Waals surface area contributed by atoms with E-state index in [0.29, 0.717) is 5.56 Å². The van der Waals surface area contributed by atoms with E-state index in [1.54, 1.807) is 13.1 Å². The molecule has 0 heterocycles. The molecule has 3 heteroatoms. The molecule has 2 N–H and O–H groups in total. The van der Waals surface area contributed by atoms with E-state index >= 15 is 0 Å². The molecule has 1 rings (SSSR count). The first kappa shape index (κ1) is 8.59. The molecular formula is C9H11N2O. The van der Waals surface area contributed by atoms with Gasteiger partial charge in [-0.1, -0.05) is 0 Å². The average molecular weight is 163 g/mol. The quantitative estimate of drug-likeness (QED) is 0.704. The van der Waals surface area contributed by atoms with Crippen LogP contribution < -0.4 is 10.6 Å². The van der Waals surface area contributed by atoms with Gasteiger partial charge in [0.1, 0.15) is 0 Å². The topological polar surface area (TPSA) is 41.1 Å². The van der Waals surface area contributed by atoms with Crippen LogP contribution in [-0.4, -0.2) is 20.4 Å². The predicted octanol–water partition coefficient (Wildman–Crippen LogP) is 1.23. The SMILES string of the molecule is CNc1ccc([C]=O)c(NC)c1. The Morgan fingerprint density at radius 1 is 1.25 bits per heavy atom. The molecule has 0 aliphatic rings. The van der Waals surface area contributed by atoms with Crippen LogP contribution in [0.2, 0.25) is 0 Å². The largest absolute Gasteiger partial charge is 0.388 e. The maximum absolute atomic E-state index is 10.4. The maximum atomic E-state index is 10.4. The minimum absolute atomic E-state index is 0.552. The van der Waals surface area contributed by atoms with Crippen LogP contribution in [0.5, 0.6) is 0 Å². The zero-order chi connectivity index (χ0) is 8.97. The normalized spacial score (nSPS) is 9.17. The Morgan fingerprint density at radius 3 is 2.50 bits per heavy atom. The number of carbonyl (C=O) groups excluding carboxylic acids is 1. The van der Waals surface area contributed by atoms with Gasteiger partial charge in [-0.05, 0) is 18.2 Å². The summed E-state index contributed by atoms with van der Waals surface area (Å²) in [5.74, 6) is 0. The van der Waals surface area contributed by atoms with Gasteiger partial charge >= 0.3 is 0 Å². The Morgan fingerprint density at radius 2 is 2.00 bits per heavy atom. The summed E-state index contributed by atoms with van der Waals surface area (Å²) in [4.78, 5) is 10.4. The molecule has 3 nitrogen and oxygen atoms in total. The van der Waals surface area contributed by atoms with Crippen molar-refractivity contribution in [3.05, 3.63) is 23.8 Å². The third-order valence-corrected chi connectivity index (χ3v) is 1.69.